The first-order valence-electron chi connectivity index (χ1n) is 7.76. The van der Waals surface area contributed by atoms with Crippen molar-refractivity contribution in [2.24, 2.45) is 0 Å². The van der Waals surface area contributed by atoms with Crippen molar-refractivity contribution in [2.75, 3.05) is 14.2 Å². The normalized spacial score (nSPS) is 11.0. The van der Waals surface area contributed by atoms with E-state index in [0.717, 1.165) is 11.5 Å². The molecule has 126 valence electrons. The Labute approximate surface area is 150 Å². The molecule has 0 aromatic heterocycles. The van der Waals surface area contributed by atoms with E-state index in [4.69, 9.17) is 9.47 Å². The van der Waals surface area contributed by atoms with Crippen LogP contribution in [0.4, 0.5) is 0 Å². The maximum absolute atomic E-state index is 5.61. The Hall–Kier alpha value is -1.23. The van der Waals surface area contributed by atoms with Gasteiger partial charge in [-0.15, -0.1) is 0 Å². The third-order valence-corrected chi connectivity index (χ3v) is 8.66. The molecule has 0 radical (unpaired) electrons. The summed E-state index contributed by atoms with van der Waals surface area (Å²) in [7, 11) is 3.50. The summed E-state index contributed by atoms with van der Waals surface area (Å²) in [6.45, 7) is 13.1. The quantitative estimate of drug-likeness (QED) is 0.695. The van der Waals surface area contributed by atoms with Crippen molar-refractivity contribution < 1.29 is 30.7 Å². The van der Waals surface area contributed by atoms with Gasteiger partial charge in [-0.25, -0.2) is 0 Å². The number of ether oxygens (including phenoxy) is 2. The summed E-state index contributed by atoms with van der Waals surface area (Å²) in [4.78, 5) is 0. The molecule has 0 bridgehead atoms. The van der Waals surface area contributed by atoms with E-state index in [-0.39, 0.29) is 21.2 Å². The van der Waals surface area contributed by atoms with Crippen molar-refractivity contribution in [1.82, 2.24) is 0 Å². The van der Waals surface area contributed by atoms with Crippen LogP contribution in [-0.4, -0.2) is 14.2 Å². The summed E-state index contributed by atoms with van der Waals surface area (Å²) in [6.07, 6.45) is 0. The predicted octanol–water partition coefficient (Wildman–Crippen LogP) is 1.68. The van der Waals surface area contributed by atoms with Crippen molar-refractivity contribution in [1.29, 1.82) is 0 Å². The first-order chi connectivity index (χ1) is 10.8. The van der Waals surface area contributed by atoms with Crippen LogP contribution < -0.4 is 30.7 Å². The summed E-state index contributed by atoms with van der Waals surface area (Å²) in [6, 6.07) is 4.34. The average Bonchev–Trinajstić information content (AvgIpc) is 2.54. The van der Waals surface area contributed by atoms with Gasteiger partial charge in [-0.1, -0.05) is 0 Å². The second-order valence-corrected chi connectivity index (χ2v) is 8.72. The van der Waals surface area contributed by atoms with Crippen molar-refractivity contribution in [3.05, 3.63) is 52.7 Å². The van der Waals surface area contributed by atoms with E-state index in [1.165, 1.54) is 40.5 Å². The number of hydrogen-bond acceptors (Lipinski definition) is 2. The van der Waals surface area contributed by atoms with Crippen LogP contribution in [0.1, 0.15) is 33.4 Å². The van der Waals surface area contributed by atoms with Crippen LogP contribution in [0, 0.1) is 48.7 Å². The molecule has 23 heavy (non-hydrogen) atoms. The monoisotopic (exact) mass is 425 g/mol. The first-order valence-corrected chi connectivity index (χ1v) is 9.92. The number of rotatable bonds is 4. The van der Waals surface area contributed by atoms with E-state index in [9.17, 15) is 0 Å². The van der Waals surface area contributed by atoms with E-state index < -0.39 is 0 Å². The minimum atomic E-state index is -0.234. The molecular weight excluding hydrogens is 399 g/mol. The zero-order chi connectivity index (χ0) is 17.3. The molecule has 2 rings (SSSR count). The molecule has 0 N–H and O–H groups in total. The van der Waals surface area contributed by atoms with Gasteiger partial charge in [0.25, 0.3) is 0 Å². The molecule has 3 heteroatoms. The first kappa shape index (κ1) is 18.1. The molecule has 0 heterocycles. The van der Waals surface area contributed by atoms with E-state index in [1.54, 1.807) is 14.2 Å². The number of halogens is 1. The Morgan fingerprint density at radius 1 is 0.652 bits per heavy atom. The molecule has 0 fully saturated rings. The summed E-state index contributed by atoms with van der Waals surface area (Å²) < 4.78 is 14.0. The van der Waals surface area contributed by atoms with Crippen LogP contribution in [0.5, 0.6) is 11.5 Å². The Morgan fingerprint density at radius 3 is 1.70 bits per heavy atom. The third-order valence-electron chi connectivity index (χ3n) is 4.76. The summed E-state index contributed by atoms with van der Waals surface area (Å²) in [5.41, 5.74) is 7.92. The molecule has 2 aromatic carbocycles. The van der Waals surface area contributed by atoms with E-state index in [2.05, 4.69) is 53.7 Å². The van der Waals surface area contributed by atoms with Gasteiger partial charge in [0.05, 0.1) is 0 Å². The third kappa shape index (κ3) is 3.21. The van der Waals surface area contributed by atoms with Crippen LogP contribution in [0.15, 0.2) is 12.1 Å². The topological polar surface area (TPSA) is 18.5 Å². The second-order valence-electron chi connectivity index (χ2n) is 5.94. The maximum atomic E-state index is 5.61. The molecule has 0 atom stereocenters. The zero-order valence-corrected chi connectivity index (χ0v) is 17.5. The Kier molecular flexibility index (Phi) is 5.61. The molecule has 0 saturated heterocycles. The second kappa shape index (κ2) is 7.12. The van der Waals surface area contributed by atoms with E-state index >= 15 is 0 Å². The van der Waals surface area contributed by atoms with Gasteiger partial charge in [0.1, 0.15) is 0 Å². The average molecular weight is 425 g/mol. The van der Waals surface area contributed by atoms with Crippen LogP contribution in [0.2, 0.25) is 0 Å². The van der Waals surface area contributed by atoms with Gasteiger partial charge in [0, 0.05) is 0 Å². The van der Waals surface area contributed by atoms with Crippen molar-refractivity contribution in [3.63, 3.8) is 0 Å². The van der Waals surface area contributed by atoms with E-state index in [0.29, 0.717) is 0 Å². The van der Waals surface area contributed by atoms with Gasteiger partial charge < -0.3 is 0 Å². The van der Waals surface area contributed by atoms with Gasteiger partial charge in [-0.05, 0) is 0 Å². The summed E-state index contributed by atoms with van der Waals surface area (Å²) in [5.74, 6) is 2.01. The molecule has 0 unspecified atom stereocenters. The van der Waals surface area contributed by atoms with Crippen LogP contribution in [0.3, 0.4) is 0 Å². The zero-order valence-electron chi connectivity index (χ0n) is 15.3. The molecule has 0 saturated carbocycles. The summed E-state index contributed by atoms with van der Waals surface area (Å²) >= 11 is -0.234. The Morgan fingerprint density at radius 2 is 1.22 bits per heavy atom. The molecule has 0 amide bonds. The predicted molar refractivity (Wildman–Crippen MR) is 91.8 cm³/mol. The number of hydrogen-bond donors (Lipinski definition) is 0. The molecule has 2 nitrogen and oxygen atoms in total. The van der Waals surface area contributed by atoms with Gasteiger partial charge in [-0.3, -0.25) is 0 Å². The summed E-state index contributed by atoms with van der Waals surface area (Å²) in [5, 5.41) is 0. The van der Waals surface area contributed by atoms with Gasteiger partial charge in [0.15, 0.2) is 0 Å². The SMILES string of the molecule is COc1ccc([I-]c2c(C)c(C)c(OC)c(C)c2C)c(C)c1C. The van der Waals surface area contributed by atoms with Crippen LogP contribution >= 0.6 is 0 Å². The van der Waals surface area contributed by atoms with Gasteiger partial charge >= 0.3 is 151 Å². The van der Waals surface area contributed by atoms with Gasteiger partial charge in [-0.2, -0.15) is 0 Å². The van der Waals surface area contributed by atoms with Crippen molar-refractivity contribution in [2.45, 2.75) is 41.5 Å². The minimum absolute atomic E-state index is 0.234. The van der Waals surface area contributed by atoms with Gasteiger partial charge in [0.2, 0.25) is 0 Å². The van der Waals surface area contributed by atoms with E-state index in [1.807, 2.05) is 0 Å². The van der Waals surface area contributed by atoms with Crippen LogP contribution in [-0.2, 0) is 0 Å². The fourth-order valence-electron chi connectivity index (χ4n) is 2.87. The Bertz CT molecular complexity index is 719. The molecule has 0 aliphatic rings. The molecule has 2 aromatic rings. The fourth-order valence-corrected chi connectivity index (χ4v) is 6.24. The molecule has 0 aliphatic heterocycles. The fraction of sp³-hybridized carbons (Fsp3) is 0.400. The molecule has 0 spiro atoms. The molecule has 0 aliphatic carbocycles. The van der Waals surface area contributed by atoms with Crippen molar-refractivity contribution in [3.8, 4) is 11.5 Å². The standard InChI is InChI=1S/C20H26IO2/c1-11-12(2)18(22-7)10-9-17(11)21-19-13(3)15(5)20(23-8)16(6)14(19)4/h9-10H,1-8H3/q-1. The van der Waals surface area contributed by atoms with Crippen LogP contribution in [0.25, 0.3) is 0 Å². The van der Waals surface area contributed by atoms with Crippen molar-refractivity contribution >= 4 is 0 Å². The Balaban J connectivity index is 2.56. The number of benzene rings is 2. The number of methoxy groups -OCH3 is 2. The molecular formula is C20H26IO2-.